The van der Waals surface area contributed by atoms with E-state index in [1.807, 2.05) is 37.3 Å². The molecule has 2 N–H and O–H groups in total. The monoisotopic (exact) mass is 263 g/mol. The summed E-state index contributed by atoms with van der Waals surface area (Å²) >= 11 is 5.45. The highest BCUT2D eigenvalue weighted by atomic mass is 35.5. The standard InChI is InChI=1S/C13H14ClN3O/c1-10-3-2-4-12(7-10)17-9-11(8-15)13(18)16-6-5-14/h2-4,7,9,17H,5-6H2,1H3,(H,16,18)/b11-9-. The summed E-state index contributed by atoms with van der Waals surface area (Å²) in [5, 5.41) is 14.3. The summed E-state index contributed by atoms with van der Waals surface area (Å²) in [7, 11) is 0. The van der Waals surface area contributed by atoms with Crippen molar-refractivity contribution in [3.63, 3.8) is 0 Å². The van der Waals surface area contributed by atoms with Crippen molar-refractivity contribution in [1.82, 2.24) is 5.32 Å². The van der Waals surface area contributed by atoms with Gasteiger partial charge < -0.3 is 10.6 Å². The molecule has 5 heteroatoms. The van der Waals surface area contributed by atoms with Crippen LogP contribution in [-0.4, -0.2) is 18.3 Å². The Bertz CT molecular complexity index is 491. The first-order valence-corrected chi connectivity index (χ1v) is 5.98. The highest BCUT2D eigenvalue weighted by Crippen LogP contribution is 2.09. The molecule has 0 bridgehead atoms. The lowest BCUT2D eigenvalue weighted by atomic mass is 10.2. The second-order valence-corrected chi connectivity index (χ2v) is 4.01. The number of nitriles is 1. The average molecular weight is 264 g/mol. The lowest BCUT2D eigenvalue weighted by Crippen LogP contribution is -2.26. The quantitative estimate of drug-likeness (QED) is 0.486. The van der Waals surface area contributed by atoms with Gasteiger partial charge in [-0.2, -0.15) is 5.26 Å². The molecular weight excluding hydrogens is 250 g/mol. The first-order chi connectivity index (χ1) is 8.67. The van der Waals surface area contributed by atoms with Gasteiger partial charge in [-0.05, 0) is 24.6 Å². The Labute approximate surface area is 111 Å². The fourth-order valence-electron chi connectivity index (χ4n) is 1.29. The first kappa shape index (κ1) is 14.1. The number of carbonyl (C=O) groups excluding carboxylic acids is 1. The number of nitrogens with one attached hydrogen (secondary N) is 2. The molecule has 4 nitrogen and oxygen atoms in total. The number of aryl methyl sites for hydroxylation is 1. The number of benzene rings is 1. The van der Waals surface area contributed by atoms with Crippen LogP contribution in [0, 0.1) is 18.3 Å². The van der Waals surface area contributed by atoms with Gasteiger partial charge in [-0.1, -0.05) is 12.1 Å². The second kappa shape index (κ2) is 7.36. The maximum atomic E-state index is 11.5. The maximum Gasteiger partial charge on any atom is 0.263 e. The number of carbonyl (C=O) groups is 1. The molecule has 0 radical (unpaired) electrons. The summed E-state index contributed by atoms with van der Waals surface area (Å²) in [5.74, 6) is -0.117. The number of hydrogen-bond acceptors (Lipinski definition) is 3. The van der Waals surface area contributed by atoms with Crippen molar-refractivity contribution >= 4 is 23.2 Å². The number of anilines is 1. The minimum Gasteiger partial charge on any atom is -0.360 e. The fourth-order valence-corrected chi connectivity index (χ4v) is 1.39. The number of hydrogen-bond donors (Lipinski definition) is 2. The molecule has 0 heterocycles. The third-order valence-corrected chi connectivity index (χ3v) is 2.34. The lowest BCUT2D eigenvalue weighted by Gasteiger charge is -2.04. The van der Waals surface area contributed by atoms with Gasteiger partial charge >= 0.3 is 0 Å². The van der Waals surface area contributed by atoms with Gasteiger partial charge in [0.25, 0.3) is 5.91 Å². The van der Waals surface area contributed by atoms with Crippen LogP contribution in [0.1, 0.15) is 5.56 Å². The van der Waals surface area contributed by atoms with Crippen LogP contribution in [0.2, 0.25) is 0 Å². The summed E-state index contributed by atoms with van der Waals surface area (Å²) in [4.78, 5) is 11.5. The van der Waals surface area contributed by atoms with Crippen molar-refractivity contribution in [2.45, 2.75) is 6.92 Å². The molecule has 94 valence electrons. The van der Waals surface area contributed by atoms with E-state index in [2.05, 4.69) is 10.6 Å². The summed E-state index contributed by atoms with van der Waals surface area (Å²) < 4.78 is 0. The van der Waals surface area contributed by atoms with Crippen molar-refractivity contribution in [2.75, 3.05) is 17.7 Å². The lowest BCUT2D eigenvalue weighted by molar-refractivity contribution is -0.117. The molecule has 1 aromatic carbocycles. The zero-order valence-corrected chi connectivity index (χ0v) is 10.8. The van der Waals surface area contributed by atoms with Crippen molar-refractivity contribution < 1.29 is 4.79 Å². The molecule has 0 saturated heterocycles. The third-order valence-electron chi connectivity index (χ3n) is 2.15. The van der Waals surface area contributed by atoms with E-state index < -0.39 is 5.91 Å². The molecule has 1 aromatic rings. The van der Waals surface area contributed by atoms with Gasteiger partial charge in [0.15, 0.2) is 0 Å². The Hall–Kier alpha value is -1.99. The minimum absolute atomic E-state index is 0.0154. The maximum absolute atomic E-state index is 11.5. The Morgan fingerprint density at radius 2 is 2.33 bits per heavy atom. The van der Waals surface area contributed by atoms with E-state index >= 15 is 0 Å². The fraction of sp³-hybridized carbons (Fsp3) is 0.231. The normalized spacial score (nSPS) is 10.6. The molecule has 0 aliphatic rings. The Kier molecular flexibility index (Phi) is 5.75. The third kappa shape index (κ3) is 4.48. The predicted molar refractivity (Wildman–Crippen MR) is 72.2 cm³/mol. The first-order valence-electron chi connectivity index (χ1n) is 5.45. The molecular formula is C13H14ClN3O. The van der Waals surface area contributed by atoms with Crippen LogP contribution >= 0.6 is 11.6 Å². The van der Waals surface area contributed by atoms with Crippen molar-refractivity contribution in [3.8, 4) is 6.07 Å². The zero-order chi connectivity index (χ0) is 13.4. The van der Waals surface area contributed by atoms with E-state index in [0.29, 0.717) is 12.4 Å². The van der Waals surface area contributed by atoms with Gasteiger partial charge in [0.1, 0.15) is 11.6 Å². The van der Waals surface area contributed by atoms with Gasteiger partial charge in [-0.25, -0.2) is 0 Å². The molecule has 1 amide bonds. The summed E-state index contributed by atoms with van der Waals surface area (Å²) in [6, 6.07) is 9.47. The molecule has 18 heavy (non-hydrogen) atoms. The van der Waals surface area contributed by atoms with Crippen molar-refractivity contribution in [1.29, 1.82) is 5.26 Å². The smallest absolute Gasteiger partial charge is 0.263 e. The molecule has 0 fully saturated rings. The molecule has 1 rings (SSSR count). The van der Waals surface area contributed by atoms with E-state index in [1.54, 1.807) is 0 Å². The van der Waals surface area contributed by atoms with Crippen LogP contribution < -0.4 is 10.6 Å². The summed E-state index contributed by atoms with van der Waals surface area (Å²) in [6.07, 6.45) is 1.39. The van der Waals surface area contributed by atoms with E-state index in [-0.39, 0.29) is 5.57 Å². The number of halogens is 1. The summed E-state index contributed by atoms with van der Waals surface area (Å²) in [5.41, 5.74) is 1.94. The van der Waals surface area contributed by atoms with Crippen LogP contribution in [0.5, 0.6) is 0 Å². The minimum atomic E-state index is -0.432. The van der Waals surface area contributed by atoms with Crippen LogP contribution in [0.15, 0.2) is 36.0 Å². The summed E-state index contributed by atoms with van der Waals surface area (Å²) in [6.45, 7) is 2.30. The average Bonchev–Trinajstić information content (AvgIpc) is 2.37. The Morgan fingerprint density at radius 3 is 2.94 bits per heavy atom. The molecule has 0 atom stereocenters. The SMILES string of the molecule is Cc1cccc(N/C=C(/C#N)C(=O)NCCCl)c1. The molecule has 0 saturated carbocycles. The van der Waals surface area contributed by atoms with Gasteiger partial charge in [-0.3, -0.25) is 4.79 Å². The zero-order valence-electron chi connectivity index (χ0n) is 10.0. The molecule has 0 aliphatic carbocycles. The topological polar surface area (TPSA) is 64.9 Å². The van der Waals surface area contributed by atoms with Crippen LogP contribution in [-0.2, 0) is 4.79 Å². The van der Waals surface area contributed by atoms with Gasteiger partial charge in [0, 0.05) is 24.3 Å². The van der Waals surface area contributed by atoms with E-state index in [0.717, 1.165) is 11.3 Å². The number of rotatable bonds is 5. The molecule has 0 unspecified atom stereocenters. The Balaban J connectivity index is 2.69. The van der Waals surface area contributed by atoms with Crippen LogP contribution in [0.4, 0.5) is 5.69 Å². The second-order valence-electron chi connectivity index (χ2n) is 3.63. The van der Waals surface area contributed by atoms with Crippen LogP contribution in [0.25, 0.3) is 0 Å². The van der Waals surface area contributed by atoms with E-state index in [4.69, 9.17) is 16.9 Å². The highest BCUT2D eigenvalue weighted by Gasteiger charge is 2.07. The molecule has 0 aliphatic heterocycles. The van der Waals surface area contributed by atoms with Gasteiger partial charge in [0.2, 0.25) is 0 Å². The van der Waals surface area contributed by atoms with E-state index in [1.165, 1.54) is 6.20 Å². The molecule has 0 spiro atoms. The number of amides is 1. The van der Waals surface area contributed by atoms with E-state index in [9.17, 15) is 4.79 Å². The van der Waals surface area contributed by atoms with Gasteiger partial charge in [-0.15, -0.1) is 11.6 Å². The predicted octanol–water partition coefficient (Wildman–Crippen LogP) is 2.17. The van der Waals surface area contributed by atoms with Crippen molar-refractivity contribution in [2.24, 2.45) is 0 Å². The van der Waals surface area contributed by atoms with Gasteiger partial charge in [0.05, 0.1) is 0 Å². The Morgan fingerprint density at radius 1 is 1.56 bits per heavy atom. The number of nitrogens with zero attached hydrogens (tertiary/aromatic N) is 1. The van der Waals surface area contributed by atoms with Crippen LogP contribution in [0.3, 0.4) is 0 Å². The van der Waals surface area contributed by atoms with Crippen molar-refractivity contribution in [3.05, 3.63) is 41.6 Å². The largest absolute Gasteiger partial charge is 0.360 e. The number of alkyl halides is 1. The molecule has 0 aromatic heterocycles. The highest BCUT2D eigenvalue weighted by molar-refractivity contribution is 6.18.